The van der Waals surface area contributed by atoms with Gasteiger partial charge in [0.15, 0.2) is 5.65 Å². The second kappa shape index (κ2) is 8.30. The number of benzene rings is 5. The van der Waals surface area contributed by atoms with Crippen molar-refractivity contribution in [3.63, 3.8) is 0 Å². The monoisotopic (exact) mass is 549 g/mol. The maximum atomic E-state index is 4.77. The Kier molecular flexibility index (Phi) is 4.39. The molecule has 0 bridgehead atoms. The molecule has 0 saturated heterocycles. The zero-order chi connectivity index (χ0) is 28.1. The van der Waals surface area contributed by atoms with Crippen molar-refractivity contribution in [1.82, 2.24) is 23.5 Å². The predicted octanol–water partition coefficient (Wildman–Crippen LogP) is 9.23. The first kappa shape index (κ1) is 22.7. The Hall–Kier alpha value is -5.94. The Labute approximate surface area is 245 Å². The molecule has 0 aliphatic carbocycles. The van der Waals surface area contributed by atoms with Crippen LogP contribution >= 0.6 is 0 Å². The van der Waals surface area contributed by atoms with Crippen LogP contribution in [0.15, 0.2) is 140 Å². The summed E-state index contributed by atoms with van der Waals surface area (Å²) in [5, 5.41) is 7.16. The van der Waals surface area contributed by atoms with Crippen molar-refractivity contribution in [3.8, 4) is 11.4 Å². The lowest BCUT2D eigenvalue weighted by atomic mass is 10.0. The standard InChI is InChI=1S/C38H23N5/c1-3-10-24(11-4-1)42-31-16-8-7-14-26(31)29-22-34-30(23-33(29)42)35-32(43(34)25-12-5-2-6-13-25)18-17-28-27-15-9-19-39-36(27)38-40-20-21-41(38)37(28)35/h1-23H. The minimum absolute atomic E-state index is 0.871. The quantitative estimate of drug-likeness (QED) is 0.202. The van der Waals surface area contributed by atoms with Gasteiger partial charge in [-0.2, -0.15) is 0 Å². The molecule has 5 heteroatoms. The van der Waals surface area contributed by atoms with E-state index in [9.17, 15) is 0 Å². The van der Waals surface area contributed by atoms with E-state index in [1.54, 1.807) is 0 Å². The summed E-state index contributed by atoms with van der Waals surface area (Å²) in [5.74, 6) is 0. The smallest absolute Gasteiger partial charge is 0.163 e. The molecule has 10 rings (SSSR count). The van der Waals surface area contributed by atoms with Crippen molar-refractivity contribution >= 4 is 71.1 Å². The van der Waals surface area contributed by atoms with Crippen molar-refractivity contribution in [2.45, 2.75) is 0 Å². The summed E-state index contributed by atoms with van der Waals surface area (Å²) >= 11 is 0. The van der Waals surface area contributed by atoms with Crippen LogP contribution in [-0.4, -0.2) is 23.5 Å². The van der Waals surface area contributed by atoms with Gasteiger partial charge in [0.05, 0.1) is 27.6 Å². The van der Waals surface area contributed by atoms with Crippen LogP contribution < -0.4 is 0 Å². The number of para-hydroxylation sites is 3. The van der Waals surface area contributed by atoms with E-state index >= 15 is 0 Å². The number of hydrogen-bond acceptors (Lipinski definition) is 2. The first-order chi connectivity index (χ1) is 21.4. The number of fused-ring (bicyclic) bond motifs is 13. The van der Waals surface area contributed by atoms with E-state index in [0.29, 0.717) is 0 Å². The topological polar surface area (TPSA) is 40.1 Å². The van der Waals surface area contributed by atoms with Crippen molar-refractivity contribution in [2.75, 3.05) is 0 Å². The summed E-state index contributed by atoms with van der Waals surface area (Å²) in [6.45, 7) is 0. The van der Waals surface area contributed by atoms with Crippen LogP contribution in [0.4, 0.5) is 0 Å². The number of pyridine rings is 2. The van der Waals surface area contributed by atoms with Crippen molar-refractivity contribution in [2.24, 2.45) is 0 Å². The molecular weight excluding hydrogens is 526 g/mol. The highest BCUT2D eigenvalue weighted by molar-refractivity contribution is 6.27. The second-order valence-corrected chi connectivity index (χ2v) is 11.1. The summed E-state index contributed by atoms with van der Waals surface area (Å²) < 4.78 is 7.03. The average molecular weight is 550 g/mol. The fourth-order valence-electron chi connectivity index (χ4n) is 7.19. The molecule has 5 aromatic heterocycles. The molecule has 0 aliphatic heterocycles. The van der Waals surface area contributed by atoms with Crippen molar-refractivity contribution in [3.05, 3.63) is 140 Å². The fourth-order valence-corrected chi connectivity index (χ4v) is 7.19. The first-order valence-electron chi connectivity index (χ1n) is 14.5. The third kappa shape index (κ3) is 2.95. The third-order valence-electron chi connectivity index (χ3n) is 8.92. The second-order valence-electron chi connectivity index (χ2n) is 11.1. The van der Waals surface area contributed by atoms with Gasteiger partial charge < -0.3 is 9.13 Å². The number of hydrogen-bond donors (Lipinski definition) is 0. The summed E-state index contributed by atoms with van der Waals surface area (Å²) in [5.41, 5.74) is 9.95. The van der Waals surface area contributed by atoms with Crippen LogP contribution in [0.25, 0.3) is 82.4 Å². The Balaban J connectivity index is 1.50. The Morgan fingerprint density at radius 3 is 1.93 bits per heavy atom. The molecule has 5 heterocycles. The van der Waals surface area contributed by atoms with Crippen LogP contribution in [0, 0.1) is 0 Å². The largest absolute Gasteiger partial charge is 0.309 e. The van der Waals surface area contributed by atoms with Gasteiger partial charge in [-0.3, -0.25) is 9.38 Å². The molecule has 0 saturated carbocycles. The molecule has 0 atom stereocenters. The molecule has 0 fully saturated rings. The maximum absolute atomic E-state index is 4.77. The molecule has 5 aromatic carbocycles. The molecule has 200 valence electrons. The minimum Gasteiger partial charge on any atom is -0.309 e. The molecule has 0 amide bonds. The number of imidazole rings is 1. The van der Waals surface area contributed by atoms with Gasteiger partial charge in [0.25, 0.3) is 0 Å². The average Bonchev–Trinajstić information content (AvgIpc) is 3.77. The zero-order valence-corrected chi connectivity index (χ0v) is 23.0. The van der Waals surface area contributed by atoms with Crippen molar-refractivity contribution in [1.29, 1.82) is 0 Å². The van der Waals surface area contributed by atoms with Crippen LogP contribution in [0.5, 0.6) is 0 Å². The lowest BCUT2D eigenvalue weighted by Crippen LogP contribution is -1.95. The lowest BCUT2D eigenvalue weighted by Gasteiger charge is -2.10. The number of aromatic nitrogens is 5. The lowest BCUT2D eigenvalue weighted by molar-refractivity contribution is 1.17. The number of nitrogens with zero attached hydrogens (tertiary/aromatic N) is 5. The van der Waals surface area contributed by atoms with E-state index in [1.807, 2.05) is 18.5 Å². The normalized spacial score (nSPS) is 12.2. The van der Waals surface area contributed by atoms with E-state index in [2.05, 4.69) is 135 Å². The highest BCUT2D eigenvalue weighted by atomic mass is 15.0. The van der Waals surface area contributed by atoms with Crippen molar-refractivity contribution < 1.29 is 0 Å². The maximum Gasteiger partial charge on any atom is 0.163 e. The van der Waals surface area contributed by atoms with Gasteiger partial charge in [-0.15, -0.1) is 0 Å². The highest BCUT2D eigenvalue weighted by Crippen LogP contribution is 2.43. The Morgan fingerprint density at radius 1 is 0.442 bits per heavy atom. The van der Waals surface area contributed by atoms with Gasteiger partial charge in [0.1, 0.15) is 5.52 Å². The van der Waals surface area contributed by atoms with Gasteiger partial charge in [0, 0.05) is 62.3 Å². The first-order valence-corrected chi connectivity index (χ1v) is 14.5. The minimum atomic E-state index is 0.871. The molecule has 43 heavy (non-hydrogen) atoms. The fraction of sp³-hybridized carbons (Fsp3) is 0. The molecule has 0 unspecified atom stereocenters. The summed E-state index contributed by atoms with van der Waals surface area (Å²) in [4.78, 5) is 9.52. The van der Waals surface area contributed by atoms with Crippen LogP contribution in [0.3, 0.4) is 0 Å². The van der Waals surface area contributed by atoms with Crippen LogP contribution in [0.2, 0.25) is 0 Å². The van der Waals surface area contributed by atoms with Crippen LogP contribution in [0.1, 0.15) is 0 Å². The molecule has 0 N–H and O–H groups in total. The van der Waals surface area contributed by atoms with Gasteiger partial charge in [0.2, 0.25) is 0 Å². The molecule has 0 spiro atoms. The van der Waals surface area contributed by atoms with Gasteiger partial charge in [-0.05, 0) is 54.6 Å². The van der Waals surface area contributed by atoms with Gasteiger partial charge in [-0.25, -0.2) is 4.98 Å². The zero-order valence-electron chi connectivity index (χ0n) is 23.0. The third-order valence-corrected chi connectivity index (χ3v) is 8.92. The van der Waals surface area contributed by atoms with E-state index in [-0.39, 0.29) is 0 Å². The van der Waals surface area contributed by atoms with E-state index in [1.165, 1.54) is 38.1 Å². The molecule has 0 radical (unpaired) electrons. The van der Waals surface area contributed by atoms with Gasteiger partial charge in [-0.1, -0.05) is 66.7 Å². The van der Waals surface area contributed by atoms with Crippen LogP contribution in [-0.2, 0) is 0 Å². The van der Waals surface area contributed by atoms with Gasteiger partial charge >= 0.3 is 0 Å². The van der Waals surface area contributed by atoms with E-state index < -0.39 is 0 Å². The predicted molar refractivity (Wildman–Crippen MR) is 177 cm³/mol. The molecular formula is C38H23N5. The summed E-state index contributed by atoms with van der Waals surface area (Å²) in [7, 11) is 0. The Morgan fingerprint density at radius 2 is 1.12 bits per heavy atom. The summed E-state index contributed by atoms with van der Waals surface area (Å²) in [6, 6.07) is 43.6. The molecule has 5 nitrogen and oxygen atoms in total. The molecule has 0 aliphatic rings. The summed E-state index contributed by atoms with van der Waals surface area (Å²) in [6.07, 6.45) is 5.79. The highest BCUT2D eigenvalue weighted by Gasteiger charge is 2.22. The Bertz CT molecular complexity index is 2710. The van der Waals surface area contributed by atoms with E-state index in [4.69, 9.17) is 9.97 Å². The van der Waals surface area contributed by atoms with E-state index in [0.717, 1.165) is 44.3 Å². The SMILES string of the molecule is c1ccc(-n2c3ccccc3c3cc4c(cc32)c2c(ccc3c5cccnc5c5nccn5c32)n4-c2ccccc2)cc1. The number of rotatable bonds is 2. The molecule has 10 aromatic rings.